The van der Waals surface area contributed by atoms with E-state index in [9.17, 15) is 4.79 Å². The topological polar surface area (TPSA) is 44.8 Å². The molecule has 0 aliphatic carbocycles. The second-order valence-electron chi connectivity index (χ2n) is 7.29. The third kappa shape index (κ3) is 5.21. The first-order chi connectivity index (χ1) is 11.4. The molecule has 24 heavy (non-hydrogen) atoms. The summed E-state index contributed by atoms with van der Waals surface area (Å²) in [7, 11) is 4.17. The molecule has 1 aliphatic rings. The maximum absolute atomic E-state index is 12.1. The van der Waals surface area contributed by atoms with E-state index in [1.807, 2.05) is 29.2 Å². The van der Waals surface area contributed by atoms with Crippen molar-refractivity contribution in [3.8, 4) is 5.75 Å². The maximum atomic E-state index is 12.1. The van der Waals surface area contributed by atoms with E-state index >= 15 is 0 Å². The summed E-state index contributed by atoms with van der Waals surface area (Å²) in [5, 5.41) is 3.49. The van der Waals surface area contributed by atoms with E-state index in [1.165, 1.54) is 0 Å². The van der Waals surface area contributed by atoms with Gasteiger partial charge in [-0.2, -0.15) is 0 Å². The molecular weight excluding hydrogens is 302 g/mol. The molecule has 1 aromatic rings. The molecule has 5 nitrogen and oxygen atoms in total. The second kappa shape index (κ2) is 8.49. The van der Waals surface area contributed by atoms with Gasteiger partial charge in [0.2, 0.25) is 0 Å². The van der Waals surface area contributed by atoms with Crippen LogP contribution in [0, 0.1) is 0 Å². The molecule has 1 aromatic carbocycles. The molecule has 1 saturated heterocycles. The fourth-order valence-electron chi connectivity index (χ4n) is 2.65. The SMILES string of the molecule is CN(C)C(C)(C)CNCc1ccccc1OCC(=O)N1CCCC1. The first-order valence-corrected chi connectivity index (χ1v) is 8.77. The minimum atomic E-state index is 0.0848. The summed E-state index contributed by atoms with van der Waals surface area (Å²) in [6.07, 6.45) is 2.21. The van der Waals surface area contributed by atoms with Crippen LogP contribution in [0.2, 0.25) is 0 Å². The molecule has 1 fully saturated rings. The van der Waals surface area contributed by atoms with Gasteiger partial charge in [-0.3, -0.25) is 4.79 Å². The lowest BCUT2D eigenvalue weighted by Crippen LogP contribution is -2.46. The number of hydrogen-bond donors (Lipinski definition) is 1. The lowest BCUT2D eigenvalue weighted by Gasteiger charge is -2.32. The van der Waals surface area contributed by atoms with E-state index in [-0.39, 0.29) is 18.1 Å². The van der Waals surface area contributed by atoms with Gasteiger partial charge in [0.1, 0.15) is 5.75 Å². The third-order valence-electron chi connectivity index (χ3n) is 4.87. The van der Waals surface area contributed by atoms with Crippen LogP contribution in [-0.2, 0) is 11.3 Å². The number of hydrogen-bond acceptors (Lipinski definition) is 4. The Morgan fingerprint density at radius 2 is 1.92 bits per heavy atom. The highest BCUT2D eigenvalue weighted by atomic mass is 16.5. The lowest BCUT2D eigenvalue weighted by atomic mass is 10.0. The third-order valence-corrected chi connectivity index (χ3v) is 4.87. The Hall–Kier alpha value is -1.59. The molecule has 1 aliphatic heterocycles. The minimum absolute atomic E-state index is 0.0848. The molecule has 1 heterocycles. The molecule has 0 radical (unpaired) electrons. The number of amides is 1. The molecule has 134 valence electrons. The molecule has 5 heteroatoms. The molecule has 0 aromatic heterocycles. The van der Waals surface area contributed by atoms with Crippen molar-refractivity contribution in [2.75, 3.05) is 40.3 Å². The van der Waals surface area contributed by atoms with Crippen LogP contribution < -0.4 is 10.1 Å². The number of benzene rings is 1. The zero-order valence-corrected chi connectivity index (χ0v) is 15.5. The minimum Gasteiger partial charge on any atom is -0.483 e. The van der Waals surface area contributed by atoms with Crippen molar-refractivity contribution in [2.45, 2.75) is 38.8 Å². The van der Waals surface area contributed by atoms with Gasteiger partial charge in [0.15, 0.2) is 6.61 Å². The number of carbonyl (C=O) groups excluding carboxylic acids is 1. The highest BCUT2D eigenvalue weighted by molar-refractivity contribution is 5.78. The monoisotopic (exact) mass is 333 g/mol. The molecule has 1 N–H and O–H groups in total. The standard InChI is InChI=1S/C19H31N3O2/c1-19(2,21(3)4)15-20-13-16-9-5-6-10-17(16)24-14-18(23)22-11-7-8-12-22/h5-6,9-10,20H,7-8,11-15H2,1-4H3. The highest BCUT2D eigenvalue weighted by Crippen LogP contribution is 2.19. The number of ether oxygens (including phenoxy) is 1. The van der Waals surface area contributed by atoms with Gasteiger partial charge in [0.05, 0.1) is 0 Å². The van der Waals surface area contributed by atoms with E-state index in [0.29, 0.717) is 0 Å². The fraction of sp³-hybridized carbons (Fsp3) is 0.632. The molecule has 1 amide bonds. The van der Waals surface area contributed by atoms with Gasteiger partial charge < -0.3 is 19.9 Å². The largest absolute Gasteiger partial charge is 0.483 e. The van der Waals surface area contributed by atoms with Crippen molar-refractivity contribution < 1.29 is 9.53 Å². The number of para-hydroxylation sites is 1. The first-order valence-electron chi connectivity index (χ1n) is 8.77. The maximum Gasteiger partial charge on any atom is 0.260 e. The van der Waals surface area contributed by atoms with Crippen molar-refractivity contribution in [3.05, 3.63) is 29.8 Å². The van der Waals surface area contributed by atoms with Crippen molar-refractivity contribution in [1.82, 2.24) is 15.1 Å². The summed E-state index contributed by atoms with van der Waals surface area (Å²) >= 11 is 0. The number of nitrogens with one attached hydrogen (secondary N) is 1. The number of nitrogens with zero attached hydrogens (tertiary/aromatic N) is 2. The number of carbonyl (C=O) groups is 1. The van der Waals surface area contributed by atoms with E-state index in [1.54, 1.807) is 0 Å². The van der Waals surface area contributed by atoms with Crippen molar-refractivity contribution in [1.29, 1.82) is 0 Å². The highest BCUT2D eigenvalue weighted by Gasteiger charge is 2.20. The molecule has 0 spiro atoms. The number of likely N-dealkylation sites (tertiary alicyclic amines) is 1. The predicted octanol–water partition coefficient (Wildman–Crippen LogP) is 2.12. The normalized spacial score (nSPS) is 15.1. The molecule has 0 atom stereocenters. The fourth-order valence-corrected chi connectivity index (χ4v) is 2.65. The Labute approximate surface area is 146 Å². The van der Waals surface area contributed by atoms with Crippen LogP contribution >= 0.6 is 0 Å². The smallest absolute Gasteiger partial charge is 0.260 e. The molecule has 0 bridgehead atoms. The van der Waals surface area contributed by atoms with E-state index < -0.39 is 0 Å². The Bertz CT molecular complexity index is 537. The van der Waals surface area contributed by atoms with Crippen molar-refractivity contribution >= 4 is 5.91 Å². The van der Waals surface area contributed by atoms with Gasteiger partial charge in [-0.05, 0) is 46.9 Å². The summed E-state index contributed by atoms with van der Waals surface area (Å²) in [5.41, 5.74) is 1.17. The van der Waals surface area contributed by atoms with Crippen LogP contribution in [0.15, 0.2) is 24.3 Å². The Balaban J connectivity index is 1.86. The molecular formula is C19H31N3O2. The van der Waals surface area contributed by atoms with Gasteiger partial charge in [-0.25, -0.2) is 0 Å². The van der Waals surface area contributed by atoms with Crippen LogP contribution in [0.5, 0.6) is 5.75 Å². The van der Waals surface area contributed by atoms with Gasteiger partial charge in [-0.1, -0.05) is 18.2 Å². The average Bonchev–Trinajstić information content (AvgIpc) is 3.08. The van der Waals surface area contributed by atoms with Gasteiger partial charge in [0.25, 0.3) is 5.91 Å². The van der Waals surface area contributed by atoms with Gasteiger partial charge in [-0.15, -0.1) is 0 Å². The average molecular weight is 333 g/mol. The van der Waals surface area contributed by atoms with Crippen LogP contribution in [0.25, 0.3) is 0 Å². The van der Waals surface area contributed by atoms with Crippen molar-refractivity contribution in [3.63, 3.8) is 0 Å². The Morgan fingerprint density at radius 1 is 1.25 bits per heavy atom. The second-order valence-corrected chi connectivity index (χ2v) is 7.29. The summed E-state index contributed by atoms with van der Waals surface area (Å²) in [6.45, 7) is 7.87. The Morgan fingerprint density at radius 3 is 2.58 bits per heavy atom. The quantitative estimate of drug-likeness (QED) is 0.791. The number of likely N-dealkylation sites (N-methyl/N-ethyl adjacent to an activating group) is 1. The van der Waals surface area contributed by atoms with Crippen LogP contribution in [-0.4, -0.2) is 61.6 Å². The van der Waals surface area contributed by atoms with Crippen LogP contribution in [0.1, 0.15) is 32.3 Å². The van der Waals surface area contributed by atoms with E-state index in [4.69, 9.17) is 4.74 Å². The van der Waals surface area contributed by atoms with Crippen molar-refractivity contribution in [2.24, 2.45) is 0 Å². The summed E-state index contributed by atoms with van der Waals surface area (Å²) < 4.78 is 5.80. The lowest BCUT2D eigenvalue weighted by molar-refractivity contribution is -0.132. The summed E-state index contributed by atoms with van der Waals surface area (Å²) in [4.78, 5) is 16.2. The first kappa shape index (κ1) is 18.7. The van der Waals surface area contributed by atoms with Gasteiger partial charge in [0, 0.05) is 37.3 Å². The Kier molecular flexibility index (Phi) is 6.63. The van der Waals surface area contributed by atoms with Crippen LogP contribution in [0.3, 0.4) is 0 Å². The van der Waals surface area contributed by atoms with E-state index in [0.717, 1.165) is 50.3 Å². The molecule has 0 saturated carbocycles. The van der Waals surface area contributed by atoms with E-state index in [2.05, 4.69) is 38.2 Å². The zero-order valence-electron chi connectivity index (χ0n) is 15.5. The summed E-state index contributed by atoms with van der Waals surface area (Å²) in [6, 6.07) is 7.93. The molecule has 2 rings (SSSR count). The summed E-state index contributed by atoms with van der Waals surface area (Å²) in [5.74, 6) is 0.879. The zero-order chi connectivity index (χ0) is 17.6. The van der Waals surface area contributed by atoms with Gasteiger partial charge >= 0.3 is 0 Å². The predicted molar refractivity (Wildman–Crippen MR) is 97.2 cm³/mol. The number of rotatable bonds is 8. The molecule has 0 unspecified atom stereocenters. The van der Waals surface area contributed by atoms with Crippen LogP contribution in [0.4, 0.5) is 0 Å².